The van der Waals surface area contributed by atoms with E-state index in [0.717, 1.165) is 11.8 Å². The highest BCUT2D eigenvalue weighted by Gasteiger charge is 2.24. The minimum atomic E-state index is -0.302. The van der Waals surface area contributed by atoms with E-state index in [0.29, 0.717) is 37.3 Å². The van der Waals surface area contributed by atoms with Crippen molar-refractivity contribution in [2.24, 2.45) is 5.92 Å². The van der Waals surface area contributed by atoms with Gasteiger partial charge in [0.05, 0.1) is 6.54 Å². The molecule has 0 bridgehead atoms. The maximum atomic E-state index is 13.9. The number of benzene rings is 1. The number of carbonyl (C=O) groups is 1. The molecule has 104 valence electrons. The quantitative estimate of drug-likeness (QED) is 0.756. The SMILES string of the molecule is O=CC1Cc2cc(OCCn3cnnn3)cc(F)c2C1. The van der Waals surface area contributed by atoms with Crippen LogP contribution in [0.1, 0.15) is 11.1 Å². The van der Waals surface area contributed by atoms with E-state index >= 15 is 0 Å². The van der Waals surface area contributed by atoms with Crippen LogP contribution in [0.25, 0.3) is 0 Å². The summed E-state index contributed by atoms with van der Waals surface area (Å²) in [5.41, 5.74) is 1.49. The van der Waals surface area contributed by atoms with E-state index in [1.54, 1.807) is 0 Å². The van der Waals surface area contributed by atoms with Crippen molar-refractivity contribution >= 4 is 6.29 Å². The Morgan fingerprint density at radius 1 is 1.45 bits per heavy atom. The zero-order valence-electron chi connectivity index (χ0n) is 10.7. The van der Waals surface area contributed by atoms with E-state index in [1.807, 2.05) is 6.07 Å². The number of tetrazole rings is 1. The third-order valence-electron chi connectivity index (χ3n) is 3.38. The largest absolute Gasteiger partial charge is 0.492 e. The maximum Gasteiger partial charge on any atom is 0.138 e. The average Bonchev–Trinajstić information content (AvgIpc) is 3.07. The van der Waals surface area contributed by atoms with Gasteiger partial charge in [-0.3, -0.25) is 0 Å². The molecule has 7 heteroatoms. The summed E-state index contributed by atoms with van der Waals surface area (Å²) < 4.78 is 21.0. The van der Waals surface area contributed by atoms with E-state index in [2.05, 4.69) is 15.5 Å². The maximum absolute atomic E-state index is 13.9. The highest BCUT2D eigenvalue weighted by Crippen LogP contribution is 2.31. The number of fused-ring (bicyclic) bond motifs is 1. The van der Waals surface area contributed by atoms with Crippen molar-refractivity contribution in [3.8, 4) is 5.75 Å². The second kappa shape index (κ2) is 5.36. The first-order valence-corrected chi connectivity index (χ1v) is 6.36. The molecule has 0 saturated heterocycles. The fourth-order valence-corrected chi connectivity index (χ4v) is 2.41. The summed E-state index contributed by atoms with van der Waals surface area (Å²) in [6.07, 6.45) is 3.44. The lowest BCUT2D eigenvalue weighted by Gasteiger charge is -2.08. The van der Waals surface area contributed by atoms with Gasteiger partial charge in [0.15, 0.2) is 0 Å². The number of carbonyl (C=O) groups excluding carboxylic acids is 1. The molecular weight excluding hydrogens is 263 g/mol. The van der Waals surface area contributed by atoms with Crippen LogP contribution in [-0.2, 0) is 24.2 Å². The fourth-order valence-electron chi connectivity index (χ4n) is 2.41. The summed E-state index contributed by atoms with van der Waals surface area (Å²) in [6, 6.07) is 3.17. The van der Waals surface area contributed by atoms with Gasteiger partial charge in [-0.1, -0.05) is 0 Å². The van der Waals surface area contributed by atoms with Gasteiger partial charge in [0.25, 0.3) is 0 Å². The minimum Gasteiger partial charge on any atom is -0.492 e. The van der Waals surface area contributed by atoms with Gasteiger partial charge >= 0.3 is 0 Å². The van der Waals surface area contributed by atoms with E-state index < -0.39 is 0 Å². The topological polar surface area (TPSA) is 69.9 Å². The Kier molecular flexibility index (Phi) is 3.41. The van der Waals surface area contributed by atoms with Crippen molar-refractivity contribution < 1.29 is 13.9 Å². The number of rotatable bonds is 5. The molecule has 1 aliphatic rings. The first-order valence-electron chi connectivity index (χ1n) is 6.36. The molecule has 1 atom stereocenters. The van der Waals surface area contributed by atoms with Gasteiger partial charge in [-0.15, -0.1) is 5.10 Å². The number of aromatic nitrogens is 4. The molecule has 6 nitrogen and oxygen atoms in total. The molecule has 1 aromatic heterocycles. The Morgan fingerprint density at radius 2 is 2.35 bits per heavy atom. The molecule has 0 spiro atoms. The molecule has 0 fully saturated rings. The summed E-state index contributed by atoms with van der Waals surface area (Å²) in [7, 11) is 0. The molecule has 20 heavy (non-hydrogen) atoms. The van der Waals surface area contributed by atoms with Gasteiger partial charge in [0, 0.05) is 12.0 Å². The minimum absolute atomic E-state index is 0.115. The number of ether oxygens (including phenoxy) is 1. The van der Waals surface area contributed by atoms with Crippen LogP contribution >= 0.6 is 0 Å². The van der Waals surface area contributed by atoms with E-state index in [4.69, 9.17) is 4.74 Å². The van der Waals surface area contributed by atoms with Gasteiger partial charge < -0.3 is 9.53 Å². The van der Waals surface area contributed by atoms with Crippen molar-refractivity contribution in [3.05, 3.63) is 35.4 Å². The van der Waals surface area contributed by atoms with Gasteiger partial charge in [-0.25, -0.2) is 9.07 Å². The lowest BCUT2D eigenvalue weighted by molar-refractivity contribution is -0.110. The standard InChI is InChI=1S/C13H13FN4O2/c14-13-6-11(20-2-1-18-8-15-16-17-18)5-10-3-9(7-19)4-12(10)13/h5-9H,1-4H2. The molecule has 0 radical (unpaired) electrons. The van der Waals surface area contributed by atoms with Crippen molar-refractivity contribution in [3.63, 3.8) is 0 Å². The van der Waals surface area contributed by atoms with Crippen LogP contribution in [0.5, 0.6) is 5.75 Å². The lowest BCUT2D eigenvalue weighted by atomic mass is 10.1. The first-order chi connectivity index (χ1) is 9.76. The Hall–Kier alpha value is -2.31. The Labute approximate surface area is 114 Å². The Bertz CT molecular complexity index is 615. The van der Waals surface area contributed by atoms with Crippen LogP contribution in [-0.4, -0.2) is 33.1 Å². The number of nitrogens with zero attached hydrogens (tertiary/aromatic N) is 4. The van der Waals surface area contributed by atoms with Crippen LogP contribution in [0, 0.1) is 11.7 Å². The monoisotopic (exact) mass is 276 g/mol. The van der Waals surface area contributed by atoms with Gasteiger partial charge in [0.1, 0.15) is 30.8 Å². The molecular formula is C13H13FN4O2. The zero-order chi connectivity index (χ0) is 13.9. The average molecular weight is 276 g/mol. The van der Waals surface area contributed by atoms with E-state index in [-0.39, 0.29) is 11.7 Å². The fraction of sp³-hybridized carbons (Fsp3) is 0.385. The summed E-state index contributed by atoms with van der Waals surface area (Å²) in [4.78, 5) is 10.8. The van der Waals surface area contributed by atoms with E-state index in [9.17, 15) is 9.18 Å². The zero-order valence-corrected chi connectivity index (χ0v) is 10.7. The summed E-state index contributed by atoms with van der Waals surface area (Å²) in [5, 5.41) is 10.7. The lowest BCUT2D eigenvalue weighted by Crippen LogP contribution is -2.09. The second-order valence-electron chi connectivity index (χ2n) is 4.77. The Morgan fingerprint density at radius 3 is 3.10 bits per heavy atom. The smallest absolute Gasteiger partial charge is 0.138 e. The molecule has 3 rings (SSSR count). The highest BCUT2D eigenvalue weighted by molar-refractivity contribution is 5.59. The molecule has 0 N–H and O–H groups in total. The van der Waals surface area contributed by atoms with Crippen LogP contribution in [0.3, 0.4) is 0 Å². The molecule has 1 unspecified atom stereocenters. The molecule has 0 aliphatic heterocycles. The van der Waals surface area contributed by atoms with E-state index in [1.165, 1.54) is 17.1 Å². The highest BCUT2D eigenvalue weighted by atomic mass is 19.1. The van der Waals surface area contributed by atoms with Crippen LogP contribution in [0.2, 0.25) is 0 Å². The van der Waals surface area contributed by atoms with Gasteiger partial charge in [0.2, 0.25) is 0 Å². The summed E-state index contributed by atoms with van der Waals surface area (Å²) >= 11 is 0. The third-order valence-corrected chi connectivity index (χ3v) is 3.38. The van der Waals surface area contributed by atoms with Crippen LogP contribution in [0.4, 0.5) is 4.39 Å². The van der Waals surface area contributed by atoms with Crippen LogP contribution < -0.4 is 4.74 Å². The number of hydrogen-bond donors (Lipinski definition) is 0. The predicted molar refractivity (Wildman–Crippen MR) is 66.7 cm³/mol. The second-order valence-corrected chi connectivity index (χ2v) is 4.77. The molecule has 0 saturated carbocycles. The number of aldehydes is 1. The van der Waals surface area contributed by atoms with Crippen molar-refractivity contribution in [2.45, 2.75) is 19.4 Å². The van der Waals surface area contributed by atoms with Gasteiger partial charge in [-0.2, -0.15) is 0 Å². The predicted octanol–water partition coefficient (Wildman–Crippen LogP) is 0.805. The van der Waals surface area contributed by atoms with Crippen molar-refractivity contribution in [2.75, 3.05) is 6.61 Å². The molecule has 1 heterocycles. The molecule has 1 aromatic carbocycles. The molecule has 0 amide bonds. The number of hydrogen-bond acceptors (Lipinski definition) is 5. The summed E-state index contributed by atoms with van der Waals surface area (Å²) in [5.74, 6) is 0.0566. The normalized spacial score (nSPS) is 16.9. The van der Waals surface area contributed by atoms with Crippen LogP contribution in [0.15, 0.2) is 18.5 Å². The molecule has 1 aliphatic carbocycles. The van der Waals surface area contributed by atoms with Crippen molar-refractivity contribution in [1.29, 1.82) is 0 Å². The van der Waals surface area contributed by atoms with Crippen molar-refractivity contribution in [1.82, 2.24) is 20.2 Å². The first kappa shape index (κ1) is 12.7. The van der Waals surface area contributed by atoms with Gasteiger partial charge in [-0.05, 0) is 40.5 Å². The summed E-state index contributed by atoms with van der Waals surface area (Å²) in [6.45, 7) is 0.836. The third kappa shape index (κ3) is 2.52. The Balaban J connectivity index is 1.66. The molecule has 2 aromatic rings. The number of halogens is 1.